The molecule has 0 spiro atoms. The number of methoxy groups -OCH3 is 2. The first-order valence-electron chi connectivity index (χ1n) is 17.1. The monoisotopic (exact) mass is 780 g/mol. The van der Waals surface area contributed by atoms with Crippen molar-refractivity contribution in [2.24, 2.45) is 0 Å². The summed E-state index contributed by atoms with van der Waals surface area (Å²) in [6.07, 6.45) is 3.70. The molecule has 4 N–H and O–H groups in total. The number of ether oxygens (including phenoxy) is 4. The Kier molecular flexibility index (Phi) is 20.0. The largest absolute Gasteiger partial charge is 0.497 e. The number of benzene rings is 4. The first-order chi connectivity index (χ1) is 26.0. The summed E-state index contributed by atoms with van der Waals surface area (Å²) in [5, 5.41) is 13.4. The van der Waals surface area contributed by atoms with Crippen molar-refractivity contribution in [2.45, 2.75) is 35.0 Å². The molecule has 2 heterocycles. The molecular weight excluding hydrogens is 728 g/mol. The van der Waals surface area contributed by atoms with Gasteiger partial charge in [-0.25, -0.2) is 0 Å². The van der Waals surface area contributed by atoms with Crippen LogP contribution in [-0.4, -0.2) is 43.7 Å². The number of aromatic nitrogens is 2. The van der Waals surface area contributed by atoms with E-state index in [1.165, 1.54) is 0 Å². The highest BCUT2D eigenvalue weighted by Crippen LogP contribution is 2.27. The first kappa shape index (κ1) is 46.0. The van der Waals surface area contributed by atoms with Gasteiger partial charge in [-0.3, -0.25) is 14.8 Å². The summed E-state index contributed by atoms with van der Waals surface area (Å²) in [6, 6.07) is 38.9. The van der Waals surface area contributed by atoms with Gasteiger partial charge in [-0.05, 0) is 98.8 Å². The minimum absolute atomic E-state index is 0. The summed E-state index contributed by atoms with van der Waals surface area (Å²) >= 11 is 0. The van der Waals surface area contributed by atoms with Crippen molar-refractivity contribution in [3.63, 3.8) is 0 Å². The molecule has 4 aromatic carbocycles. The van der Waals surface area contributed by atoms with E-state index in [4.69, 9.17) is 18.9 Å². The fraction of sp³-hybridized carbons (Fsp3) is 0.205. The van der Waals surface area contributed by atoms with E-state index in [2.05, 4.69) is 31.2 Å². The Hall–Kier alpha value is -6.14. The molecule has 0 aliphatic heterocycles. The van der Waals surface area contributed by atoms with Crippen LogP contribution in [0.2, 0.25) is 0 Å². The van der Waals surface area contributed by atoms with Crippen LogP contribution in [0.1, 0.15) is 51.2 Å². The van der Waals surface area contributed by atoms with E-state index in [1.807, 2.05) is 129 Å². The van der Waals surface area contributed by atoms with Gasteiger partial charge in [0.25, 0.3) is 0 Å². The number of anilines is 8. The van der Waals surface area contributed by atoms with Gasteiger partial charge in [0.15, 0.2) is 6.29 Å². The number of rotatable bonds is 16. The third kappa shape index (κ3) is 14.3. The summed E-state index contributed by atoms with van der Waals surface area (Å²) in [7, 11) is 3.31. The lowest BCUT2D eigenvalue weighted by molar-refractivity contribution is -0.142. The van der Waals surface area contributed by atoms with Gasteiger partial charge in [-0.1, -0.05) is 39.1 Å². The molecule has 2 aromatic heterocycles. The minimum Gasteiger partial charge on any atom is -0.497 e. The Morgan fingerprint density at radius 3 is 1.29 bits per heavy atom. The number of hydrogen-bond acceptors (Lipinski definition) is 11. The Morgan fingerprint density at radius 1 is 0.536 bits per heavy atom. The van der Waals surface area contributed by atoms with Crippen LogP contribution in [0.15, 0.2) is 134 Å². The van der Waals surface area contributed by atoms with Crippen LogP contribution < -0.4 is 30.7 Å². The molecule has 0 unspecified atom stereocenters. The first-order valence-corrected chi connectivity index (χ1v) is 17.1. The molecule has 0 radical (unpaired) electrons. The molecule has 0 fully saturated rings. The molecule has 6 aromatic rings. The zero-order valence-corrected chi connectivity index (χ0v) is 31.4. The lowest BCUT2D eigenvalue weighted by Gasteiger charge is -2.16. The number of hydrogen-bond donors (Lipinski definition) is 4. The van der Waals surface area contributed by atoms with Gasteiger partial charge < -0.3 is 40.2 Å². The number of halogens is 1. The summed E-state index contributed by atoms with van der Waals surface area (Å²) in [4.78, 5) is 19.2. The minimum atomic E-state index is -0.436. The standard InChI is InChI=1S/C23H27N3O3.C19H17N3O2.2CH4.ClH/c1-4-28-23(29-5-2)22-13-12-20(16-24-22)26-18-9-6-8-17(14-18)25-19-10-7-11-21(15-19)27-3;1-24-19-7-3-6-16(11-19)21-14-4-2-5-15(10-14)22-17-8-9-18(13-23)20-12-17;;;/h6-16,23,25-26H,4-5H2,1-3H3;2-13,21-22H,1H3;2*1H4;1H. The zero-order valence-electron chi connectivity index (χ0n) is 30.6. The highest BCUT2D eigenvalue weighted by atomic mass is 35.5. The second kappa shape index (κ2) is 24.3. The third-order valence-corrected chi connectivity index (χ3v) is 7.59. The molecule has 12 heteroatoms. The van der Waals surface area contributed by atoms with Crippen molar-refractivity contribution < 1.29 is 23.7 Å². The van der Waals surface area contributed by atoms with Gasteiger partial charge in [0.05, 0.1) is 43.7 Å². The van der Waals surface area contributed by atoms with Gasteiger partial charge in [-0.2, -0.15) is 0 Å². The van der Waals surface area contributed by atoms with Crippen molar-refractivity contribution in [3.05, 3.63) is 145 Å². The van der Waals surface area contributed by atoms with E-state index in [1.54, 1.807) is 32.7 Å². The van der Waals surface area contributed by atoms with E-state index in [-0.39, 0.29) is 27.3 Å². The second-order valence-corrected chi connectivity index (χ2v) is 11.4. The van der Waals surface area contributed by atoms with Crippen molar-refractivity contribution in [1.82, 2.24) is 9.97 Å². The zero-order chi connectivity index (χ0) is 37.3. The lowest BCUT2D eigenvalue weighted by Crippen LogP contribution is -2.10. The topological polar surface area (TPSA) is 128 Å². The Bertz CT molecular complexity index is 2030. The SMILES string of the molecule is C.C.CCOC(OCC)c1ccc(Nc2cccc(Nc3cccc(OC)c3)c2)cn1.COc1cccc(Nc2cccc(Nc3ccc(C=O)nc3)c2)c1.Cl. The molecule has 0 saturated heterocycles. The summed E-state index contributed by atoms with van der Waals surface area (Å²) < 4.78 is 21.7. The van der Waals surface area contributed by atoms with E-state index in [9.17, 15) is 4.79 Å². The fourth-order valence-corrected chi connectivity index (χ4v) is 5.11. The van der Waals surface area contributed by atoms with Crippen molar-refractivity contribution in [1.29, 1.82) is 0 Å². The van der Waals surface area contributed by atoms with E-state index in [0.717, 1.165) is 69.0 Å². The molecule has 296 valence electrons. The number of pyridine rings is 2. The molecule has 0 aliphatic carbocycles. The molecule has 0 amide bonds. The molecular formula is C44H53ClN6O5. The number of nitrogens with zero attached hydrogens (tertiary/aromatic N) is 2. The number of carbonyl (C=O) groups is 1. The molecule has 0 aliphatic rings. The molecule has 56 heavy (non-hydrogen) atoms. The fourth-order valence-electron chi connectivity index (χ4n) is 5.11. The maximum atomic E-state index is 10.6. The predicted molar refractivity (Wildman–Crippen MR) is 233 cm³/mol. The Morgan fingerprint density at radius 2 is 0.929 bits per heavy atom. The van der Waals surface area contributed by atoms with Crippen LogP contribution in [0.4, 0.5) is 45.5 Å². The van der Waals surface area contributed by atoms with E-state index < -0.39 is 6.29 Å². The van der Waals surface area contributed by atoms with Gasteiger partial charge in [0.1, 0.15) is 17.2 Å². The van der Waals surface area contributed by atoms with Gasteiger partial charge in [0.2, 0.25) is 6.29 Å². The van der Waals surface area contributed by atoms with Crippen LogP contribution in [-0.2, 0) is 9.47 Å². The van der Waals surface area contributed by atoms with E-state index in [0.29, 0.717) is 18.9 Å². The van der Waals surface area contributed by atoms with Crippen LogP contribution in [0.5, 0.6) is 11.5 Å². The average Bonchev–Trinajstić information content (AvgIpc) is 3.19. The smallest absolute Gasteiger partial charge is 0.201 e. The number of aldehydes is 1. The molecule has 6 rings (SSSR count). The Labute approximate surface area is 337 Å². The van der Waals surface area contributed by atoms with Crippen molar-refractivity contribution in [2.75, 3.05) is 48.7 Å². The maximum Gasteiger partial charge on any atom is 0.201 e. The Balaban J connectivity index is 0.000000373. The van der Waals surface area contributed by atoms with Crippen molar-refractivity contribution >= 4 is 64.2 Å². The molecule has 0 saturated carbocycles. The molecule has 11 nitrogen and oxygen atoms in total. The molecule has 0 bridgehead atoms. The predicted octanol–water partition coefficient (Wildman–Crippen LogP) is 11.7. The van der Waals surface area contributed by atoms with Gasteiger partial charge >= 0.3 is 0 Å². The summed E-state index contributed by atoms with van der Waals surface area (Å²) in [5.74, 6) is 1.61. The van der Waals surface area contributed by atoms with Crippen molar-refractivity contribution in [3.8, 4) is 11.5 Å². The molecule has 0 atom stereocenters. The number of carbonyl (C=O) groups excluding carboxylic acids is 1. The highest BCUT2D eigenvalue weighted by Gasteiger charge is 2.12. The average molecular weight is 781 g/mol. The normalized spacial score (nSPS) is 9.88. The second-order valence-electron chi connectivity index (χ2n) is 11.4. The summed E-state index contributed by atoms with van der Waals surface area (Å²) in [5.41, 5.74) is 8.59. The third-order valence-electron chi connectivity index (χ3n) is 7.59. The van der Waals surface area contributed by atoms with Crippen LogP contribution in [0.25, 0.3) is 0 Å². The van der Waals surface area contributed by atoms with Crippen LogP contribution in [0.3, 0.4) is 0 Å². The maximum absolute atomic E-state index is 10.6. The highest BCUT2D eigenvalue weighted by molar-refractivity contribution is 5.85. The van der Waals surface area contributed by atoms with Gasteiger partial charge in [-0.15, -0.1) is 12.4 Å². The summed E-state index contributed by atoms with van der Waals surface area (Å²) in [6.45, 7) is 5.02. The van der Waals surface area contributed by atoms with Crippen LogP contribution in [0, 0.1) is 0 Å². The van der Waals surface area contributed by atoms with E-state index >= 15 is 0 Å². The lowest BCUT2D eigenvalue weighted by atomic mass is 10.2. The van der Waals surface area contributed by atoms with Gasteiger partial charge in [0, 0.05) is 59.5 Å². The van der Waals surface area contributed by atoms with Crippen LogP contribution >= 0.6 is 12.4 Å². The number of nitrogens with one attached hydrogen (secondary N) is 4. The quantitative estimate of drug-likeness (QED) is 0.0553.